The minimum absolute atomic E-state index is 0.0323. The van der Waals surface area contributed by atoms with Crippen LogP contribution in [0.15, 0.2) is 11.6 Å². The van der Waals surface area contributed by atoms with Gasteiger partial charge in [-0.1, -0.05) is 6.92 Å². The van der Waals surface area contributed by atoms with Crippen LogP contribution in [-0.2, 0) is 0 Å². The molecule has 5 heteroatoms. The fraction of sp³-hybridized carbons (Fsp3) is 0.556. The van der Waals surface area contributed by atoms with Crippen LogP contribution in [0.1, 0.15) is 24.4 Å². The largest absolute Gasteiger partial charge is 0.331 e. The molecule has 2 amide bonds. The van der Waals surface area contributed by atoms with Gasteiger partial charge in [0, 0.05) is 25.7 Å². The van der Waals surface area contributed by atoms with Gasteiger partial charge in [-0.3, -0.25) is 0 Å². The highest BCUT2D eigenvalue weighted by Gasteiger charge is 2.15. The van der Waals surface area contributed by atoms with Crippen LogP contribution in [0.3, 0.4) is 0 Å². The van der Waals surface area contributed by atoms with E-state index in [4.69, 9.17) is 0 Å². The van der Waals surface area contributed by atoms with E-state index in [0.717, 1.165) is 11.4 Å². The summed E-state index contributed by atoms with van der Waals surface area (Å²) >= 11 is 1.56. The predicted octanol–water partition coefficient (Wildman–Crippen LogP) is 1.87. The summed E-state index contributed by atoms with van der Waals surface area (Å²) in [6.45, 7) is 2.03. The van der Waals surface area contributed by atoms with Gasteiger partial charge in [0.2, 0.25) is 0 Å². The van der Waals surface area contributed by atoms with Gasteiger partial charge in [-0.15, -0.1) is 11.3 Å². The number of nitrogens with one attached hydrogen (secondary N) is 1. The smallest absolute Gasteiger partial charge is 0.317 e. The highest BCUT2D eigenvalue weighted by Crippen LogP contribution is 2.18. The van der Waals surface area contributed by atoms with Crippen molar-refractivity contribution in [3.05, 3.63) is 16.6 Å². The van der Waals surface area contributed by atoms with Crippen molar-refractivity contribution >= 4 is 17.4 Å². The summed E-state index contributed by atoms with van der Waals surface area (Å²) in [7, 11) is 3.45. The molecule has 78 valence electrons. The minimum Gasteiger partial charge on any atom is -0.331 e. The fourth-order valence-electron chi connectivity index (χ4n) is 1.02. The Morgan fingerprint density at radius 1 is 1.71 bits per heavy atom. The van der Waals surface area contributed by atoms with Gasteiger partial charge in [0.15, 0.2) is 0 Å². The number of carbonyl (C=O) groups excluding carboxylic acids is 1. The molecule has 0 aliphatic rings. The Morgan fingerprint density at radius 3 is 2.86 bits per heavy atom. The summed E-state index contributed by atoms with van der Waals surface area (Å²) < 4.78 is 0. The zero-order valence-corrected chi connectivity index (χ0v) is 9.47. The second-order valence-electron chi connectivity index (χ2n) is 3.18. The minimum atomic E-state index is -0.0768. The average molecular weight is 213 g/mol. The van der Waals surface area contributed by atoms with E-state index in [0.29, 0.717) is 0 Å². The summed E-state index contributed by atoms with van der Waals surface area (Å²) in [5.41, 5.74) is 0. The lowest BCUT2D eigenvalue weighted by Gasteiger charge is -2.18. The number of thiazole rings is 1. The lowest BCUT2D eigenvalue weighted by molar-refractivity contribution is 0.213. The molecule has 0 bridgehead atoms. The van der Waals surface area contributed by atoms with E-state index >= 15 is 0 Å². The third-order valence-corrected chi connectivity index (χ3v) is 2.75. The van der Waals surface area contributed by atoms with E-state index in [1.165, 1.54) is 4.90 Å². The highest BCUT2D eigenvalue weighted by molar-refractivity contribution is 7.09. The van der Waals surface area contributed by atoms with E-state index in [-0.39, 0.29) is 12.1 Å². The molecule has 0 spiro atoms. The predicted molar refractivity (Wildman–Crippen MR) is 57.4 cm³/mol. The molecule has 1 atom stereocenters. The molecule has 0 fully saturated rings. The van der Waals surface area contributed by atoms with Gasteiger partial charge in [0.1, 0.15) is 5.01 Å². The average Bonchev–Trinajstić information content (AvgIpc) is 2.66. The van der Waals surface area contributed by atoms with Crippen molar-refractivity contribution in [2.45, 2.75) is 19.4 Å². The number of hydrogen-bond acceptors (Lipinski definition) is 3. The molecule has 0 saturated heterocycles. The Bertz CT molecular complexity index is 284. The van der Waals surface area contributed by atoms with Crippen molar-refractivity contribution < 1.29 is 4.79 Å². The van der Waals surface area contributed by atoms with E-state index in [1.807, 2.05) is 12.3 Å². The molecular weight excluding hydrogens is 198 g/mol. The normalized spacial score (nSPS) is 12.2. The maximum atomic E-state index is 11.4. The van der Waals surface area contributed by atoms with Crippen LogP contribution in [0.25, 0.3) is 0 Å². The van der Waals surface area contributed by atoms with Gasteiger partial charge in [-0.05, 0) is 6.42 Å². The van der Waals surface area contributed by atoms with Crippen molar-refractivity contribution in [3.63, 3.8) is 0 Å². The third-order valence-electron chi connectivity index (χ3n) is 1.86. The number of amides is 2. The molecule has 1 unspecified atom stereocenters. The third kappa shape index (κ3) is 2.70. The molecule has 14 heavy (non-hydrogen) atoms. The molecule has 0 aliphatic heterocycles. The van der Waals surface area contributed by atoms with Crippen molar-refractivity contribution in [2.24, 2.45) is 0 Å². The van der Waals surface area contributed by atoms with Gasteiger partial charge in [0.05, 0.1) is 6.04 Å². The second kappa shape index (κ2) is 4.95. The summed E-state index contributed by atoms with van der Waals surface area (Å²) in [6, 6.07) is -0.0445. The molecule has 1 rings (SSSR count). The molecule has 1 aromatic rings. The van der Waals surface area contributed by atoms with Gasteiger partial charge in [-0.2, -0.15) is 0 Å². The van der Waals surface area contributed by atoms with Crippen LogP contribution < -0.4 is 5.32 Å². The molecule has 4 nitrogen and oxygen atoms in total. The standard InChI is InChI=1S/C9H15N3OS/c1-4-7(8-10-5-6-14-8)11-9(13)12(2)3/h5-7H,4H2,1-3H3,(H,11,13). The Hall–Kier alpha value is -1.10. The van der Waals surface area contributed by atoms with Gasteiger partial charge in [-0.25, -0.2) is 9.78 Å². The fourth-order valence-corrected chi connectivity index (χ4v) is 1.80. The van der Waals surface area contributed by atoms with Crippen LogP contribution in [0.2, 0.25) is 0 Å². The molecule has 0 radical (unpaired) electrons. The van der Waals surface area contributed by atoms with Crippen LogP contribution in [0.5, 0.6) is 0 Å². The van der Waals surface area contributed by atoms with Gasteiger partial charge < -0.3 is 10.2 Å². The number of nitrogens with zero attached hydrogens (tertiary/aromatic N) is 2. The van der Waals surface area contributed by atoms with Gasteiger partial charge >= 0.3 is 6.03 Å². The first kappa shape index (κ1) is 11.0. The van der Waals surface area contributed by atoms with Crippen molar-refractivity contribution in [3.8, 4) is 0 Å². The Labute approximate surface area is 88.0 Å². The van der Waals surface area contributed by atoms with Crippen LogP contribution in [0, 0.1) is 0 Å². The number of aromatic nitrogens is 1. The summed E-state index contributed by atoms with van der Waals surface area (Å²) in [5.74, 6) is 0. The lowest BCUT2D eigenvalue weighted by Crippen LogP contribution is -2.36. The molecule has 0 saturated carbocycles. The van der Waals surface area contributed by atoms with Crippen LogP contribution in [0.4, 0.5) is 4.79 Å². The van der Waals surface area contributed by atoms with E-state index < -0.39 is 0 Å². The maximum Gasteiger partial charge on any atom is 0.317 e. The van der Waals surface area contributed by atoms with E-state index in [9.17, 15) is 4.79 Å². The Kier molecular flexibility index (Phi) is 3.88. The van der Waals surface area contributed by atoms with E-state index in [1.54, 1.807) is 31.6 Å². The zero-order valence-electron chi connectivity index (χ0n) is 8.65. The van der Waals surface area contributed by atoms with Gasteiger partial charge in [0.25, 0.3) is 0 Å². The Balaban J connectivity index is 2.61. The number of carbonyl (C=O) groups is 1. The molecule has 1 N–H and O–H groups in total. The monoisotopic (exact) mass is 213 g/mol. The second-order valence-corrected chi connectivity index (χ2v) is 4.10. The number of urea groups is 1. The van der Waals surface area contributed by atoms with Crippen LogP contribution >= 0.6 is 11.3 Å². The summed E-state index contributed by atoms with van der Waals surface area (Å²) in [4.78, 5) is 17.1. The van der Waals surface area contributed by atoms with Crippen molar-refractivity contribution in [1.29, 1.82) is 0 Å². The van der Waals surface area contributed by atoms with Crippen LogP contribution in [-0.4, -0.2) is 30.0 Å². The molecule has 1 heterocycles. The summed E-state index contributed by atoms with van der Waals surface area (Å²) in [6.07, 6.45) is 2.61. The van der Waals surface area contributed by atoms with Crippen molar-refractivity contribution in [2.75, 3.05) is 14.1 Å². The molecule has 1 aromatic heterocycles. The highest BCUT2D eigenvalue weighted by atomic mass is 32.1. The number of rotatable bonds is 3. The topological polar surface area (TPSA) is 45.2 Å². The van der Waals surface area contributed by atoms with Crippen molar-refractivity contribution in [1.82, 2.24) is 15.2 Å². The Morgan fingerprint density at radius 2 is 2.43 bits per heavy atom. The molecular formula is C9H15N3OS. The molecule has 0 aliphatic carbocycles. The quantitative estimate of drug-likeness (QED) is 0.833. The van der Waals surface area contributed by atoms with E-state index in [2.05, 4.69) is 10.3 Å². The first-order valence-corrected chi connectivity index (χ1v) is 5.40. The molecule has 0 aromatic carbocycles. The first-order chi connectivity index (χ1) is 6.65. The summed E-state index contributed by atoms with van der Waals surface area (Å²) in [5, 5.41) is 5.78. The SMILES string of the molecule is CCC(NC(=O)N(C)C)c1nccs1. The zero-order chi connectivity index (χ0) is 10.6. The first-order valence-electron chi connectivity index (χ1n) is 4.52. The number of hydrogen-bond donors (Lipinski definition) is 1. The lowest BCUT2D eigenvalue weighted by atomic mass is 10.2. The maximum absolute atomic E-state index is 11.4.